The van der Waals surface area contributed by atoms with Gasteiger partial charge in [-0.15, -0.1) is 24.8 Å². The third-order valence-corrected chi connectivity index (χ3v) is 3.89. The number of nitrogens with zero attached hydrogens (tertiary/aromatic N) is 1. The topological polar surface area (TPSA) is 35.5 Å². The van der Waals surface area contributed by atoms with Crippen molar-refractivity contribution in [3.8, 4) is 5.75 Å². The molecule has 0 spiro atoms. The molecule has 23 heavy (non-hydrogen) atoms. The number of alkyl halides is 3. The van der Waals surface area contributed by atoms with Crippen molar-refractivity contribution < 1.29 is 18.3 Å². The molecule has 1 aromatic carbocycles. The first-order valence-electron chi connectivity index (χ1n) is 6.78. The SMILES string of the molecule is Cc1cc(Cl)cc([C@H](CC(F)(F)F)N2CCNCC2)c1O.Cl.Cl. The first kappa shape index (κ1) is 22.6. The molecule has 0 radical (unpaired) electrons. The van der Waals surface area contributed by atoms with Gasteiger partial charge >= 0.3 is 6.18 Å². The summed E-state index contributed by atoms with van der Waals surface area (Å²) in [7, 11) is 0. The highest BCUT2D eigenvalue weighted by Gasteiger charge is 2.37. The van der Waals surface area contributed by atoms with E-state index in [1.54, 1.807) is 17.9 Å². The molecule has 1 aliphatic rings. The molecule has 2 N–H and O–H groups in total. The summed E-state index contributed by atoms with van der Waals surface area (Å²) in [6, 6.07) is 2.06. The zero-order valence-electron chi connectivity index (χ0n) is 12.5. The van der Waals surface area contributed by atoms with Crippen molar-refractivity contribution in [2.24, 2.45) is 0 Å². The van der Waals surface area contributed by atoms with E-state index in [-0.39, 0.29) is 36.1 Å². The van der Waals surface area contributed by atoms with E-state index < -0.39 is 18.6 Å². The van der Waals surface area contributed by atoms with E-state index in [4.69, 9.17) is 11.6 Å². The van der Waals surface area contributed by atoms with Gasteiger partial charge in [0.2, 0.25) is 0 Å². The van der Waals surface area contributed by atoms with Crippen LogP contribution in [0.3, 0.4) is 0 Å². The molecule has 1 aliphatic heterocycles. The Hall–Kier alpha value is -0.400. The van der Waals surface area contributed by atoms with Crippen LogP contribution in [0, 0.1) is 6.92 Å². The number of aryl methyl sites for hydroxylation is 1. The number of rotatable bonds is 3. The van der Waals surface area contributed by atoms with E-state index in [0.717, 1.165) is 0 Å². The molecule has 1 fully saturated rings. The molecule has 0 aromatic heterocycles. The fourth-order valence-corrected chi connectivity index (χ4v) is 2.95. The number of halogens is 6. The van der Waals surface area contributed by atoms with Gasteiger partial charge in [0.15, 0.2) is 0 Å². The predicted octanol–water partition coefficient (Wildman–Crippen LogP) is 4.10. The van der Waals surface area contributed by atoms with Gasteiger partial charge in [-0.25, -0.2) is 0 Å². The number of benzene rings is 1. The molecule has 134 valence electrons. The van der Waals surface area contributed by atoms with Gasteiger partial charge < -0.3 is 10.4 Å². The molecular formula is C14H20Cl3F3N2O. The van der Waals surface area contributed by atoms with Crippen LogP contribution in [0.4, 0.5) is 13.2 Å². The first-order chi connectivity index (χ1) is 9.78. The van der Waals surface area contributed by atoms with Crippen LogP contribution in [0.1, 0.15) is 23.6 Å². The summed E-state index contributed by atoms with van der Waals surface area (Å²) in [6.07, 6.45) is -5.31. The Morgan fingerprint density at radius 2 is 1.83 bits per heavy atom. The summed E-state index contributed by atoms with van der Waals surface area (Å²) >= 11 is 5.95. The lowest BCUT2D eigenvalue weighted by molar-refractivity contribution is -0.148. The molecule has 2 rings (SSSR count). The van der Waals surface area contributed by atoms with Crippen LogP contribution < -0.4 is 5.32 Å². The summed E-state index contributed by atoms with van der Waals surface area (Å²) in [5.41, 5.74) is 0.735. The highest BCUT2D eigenvalue weighted by atomic mass is 35.5. The van der Waals surface area contributed by atoms with Gasteiger partial charge in [0.1, 0.15) is 5.75 Å². The molecule has 1 atom stereocenters. The Morgan fingerprint density at radius 3 is 2.35 bits per heavy atom. The van der Waals surface area contributed by atoms with E-state index in [9.17, 15) is 18.3 Å². The van der Waals surface area contributed by atoms with Gasteiger partial charge in [-0.05, 0) is 24.6 Å². The maximum atomic E-state index is 12.9. The number of phenolic OH excluding ortho intramolecular Hbond substituents is 1. The molecule has 3 nitrogen and oxygen atoms in total. The van der Waals surface area contributed by atoms with Crippen LogP contribution >= 0.6 is 36.4 Å². The van der Waals surface area contributed by atoms with E-state index in [2.05, 4.69) is 5.32 Å². The third kappa shape index (κ3) is 6.19. The van der Waals surface area contributed by atoms with Crippen LogP contribution in [-0.2, 0) is 0 Å². The zero-order chi connectivity index (χ0) is 15.6. The Kier molecular flexibility index (Phi) is 9.02. The van der Waals surface area contributed by atoms with Gasteiger partial charge in [0.25, 0.3) is 0 Å². The monoisotopic (exact) mass is 394 g/mol. The van der Waals surface area contributed by atoms with Crippen molar-refractivity contribution in [2.45, 2.75) is 25.6 Å². The van der Waals surface area contributed by atoms with Crippen molar-refractivity contribution in [3.63, 3.8) is 0 Å². The second kappa shape index (κ2) is 9.18. The lowest BCUT2D eigenvalue weighted by Crippen LogP contribution is -2.46. The highest BCUT2D eigenvalue weighted by molar-refractivity contribution is 6.30. The van der Waals surface area contributed by atoms with Gasteiger partial charge in [-0.1, -0.05) is 11.6 Å². The number of hydrogen-bond acceptors (Lipinski definition) is 3. The zero-order valence-corrected chi connectivity index (χ0v) is 14.9. The van der Waals surface area contributed by atoms with Crippen LogP contribution in [-0.4, -0.2) is 42.4 Å². The molecule has 0 amide bonds. The van der Waals surface area contributed by atoms with Gasteiger partial charge in [-0.3, -0.25) is 4.90 Å². The van der Waals surface area contributed by atoms with Gasteiger partial charge in [-0.2, -0.15) is 13.2 Å². The van der Waals surface area contributed by atoms with Crippen LogP contribution in [0.2, 0.25) is 5.02 Å². The second-order valence-electron chi connectivity index (χ2n) is 5.28. The number of phenols is 1. The summed E-state index contributed by atoms with van der Waals surface area (Å²) in [5.74, 6) is -0.104. The summed E-state index contributed by atoms with van der Waals surface area (Å²) in [5, 5.41) is 13.6. The standard InChI is InChI=1S/C14H18ClF3N2O.2ClH/c1-9-6-10(15)7-11(13(9)21)12(8-14(16,17)18)20-4-2-19-3-5-20;;/h6-7,12,19,21H,2-5,8H2,1H3;2*1H/t12-;;/m0../s1. The minimum absolute atomic E-state index is 0. The fraction of sp³-hybridized carbons (Fsp3) is 0.571. The maximum absolute atomic E-state index is 12.9. The normalized spacial score (nSPS) is 17.1. The Bertz CT molecular complexity index is 509. The molecule has 0 unspecified atom stereocenters. The molecule has 0 aliphatic carbocycles. The van der Waals surface area contributed by atoms with Crippen LogP contribution in [0.15, 0.2) is 12.1 Å². The average Bonchev–Trinajstić information content (AvgIpc) is 2.40. The summed E-state index contributed by atoms with van der Waals surface area (Å²) in [4.78, 5) is 1.74. The predicted molar refractivity (Wildman–Crippen MR) is 90.2 cm³/mol. The first-order valence-corrected chi connectivity index (χ1v) is 7.16. The Morgan fingerprint density at radius 1 is 1.26 bits per heavy atom. The van der Waals surface area contributed by atoms with Crippen molar-refractivity contribution in [2.75, 3.05) is 26.2 Å². The third-order valence-electron chi connectivity index (χ3n) is 3.67. The van der Waals surface area contributed by atoms with E-state index in [0.29, 0.717) is 36.8 Å². The van der Waals surface area contributed by atoms with E-state index in [1.165, 1.54) is 6.07 Å². The lowest BCUT2D eigenvalue weighted by Gasteiger charge is -2.36. The lowest BCUT2D eigenvalue weighted by atomic mass is 9.97. The average molecular weight is 396 g/mol. The van der Waals surface area contributed by atoms with Crippen molar-refractivity contribution in [1.29, 1.82) is 0 Å². The molecular weight excluding hydrogens is 376 g/mol. The smallest absolute Gasteiger partial charge is 0.390 e. The number of hydrogen-bond donors (Lipinski definition) is 2. The van der Waals surface area contributed by atoms with Crippen molar-refractivity contribution >= 4 is 36.4 Å². The van der Waals surface area contributed by atoms with Crippen molar-refractivity contribution in [3.05, 3.63) is 28.3 Å². The quantitative estimate of drug-likeness (QED) is 0.809. The van der Waals surface area contributed by atoms with Crippen LogP contribution in [0.5, 0.6) is 5.75 Å². The second-order valence-corrected chi connectivity index (χ2v) is 5.72. The van der Waals surface area contributed by atoms with Crippen LogP contribution in [0.25, 0.3) is 0 Å². The minimum Gasteiger partial charge on any atom is -0.507 e. The minimum atomic E-state index is -4.31. The number of nitrogens with one attached hydrogen (secondary N) is 1. The summed E-state index contributed by atoms with van der Waals surface area (Å²) < 4.78 is 38.8. The van der Waals surface area contributed by atoms with E-state index in [1.807, 2.05) is 0 Å². The van der Waals surface area contributed by atoms with E-state index >= 15 is 0 Å². The number of piperazine rings is 1. The molecule has 1 aromatic rings. The molecule has 0 bridgehead atoms. The highest BCUT2D eigenvalue weighted by Crippen LogP contribution is 2.40. The molecule has 1 heterocycles. The number of aromatic hydroxyl groups is 1. The maximum Gasteiger partial charge on any atom is 0.390 e. The van der Waals surface area contributed by atoms with Gasteiger partial charge in [0.05, 0.1) is 6.42 Å². The Labute approximate surface area is 151 Å². The molecule has 1 saturated heterocycles. The molecule has 9 heteroatoms. The Balaban J connectivity index is 0.00000242. The van der Waals surface area contributed by atoms with Crippen molar-refractivity contribution in [1.82, 2.24) is 10.2 Å². The fourth-order valence-electron chi connectivity index (χ4n) is 2.66. The van der Waals surface area contributed by atoms with Gasteiger partial charge in [0, 0.05) is 42.8 Å². The molecule has 0 saturated carbocycles. The largest absolute Gasteiger partial charge is 0.507 e. The summed E-state index contributed by atoms with van der Waals surface area (Å²) in [6.45, 7) is 3.91.